The van der Waals surface area contributed by atoms with Crippen LogP contribution >= 0.6 is 0 Å². The second-order valence-electron chi connectivity index (χ2n) is 9.66. The number of hydrogen-bond acceptors (Lipinski definition) is 9. The van der Waals surface area contributed by atoms with Gasteiger partial charge in [0.05, 0.1) is 24.2 Å². The highest BCUT2D eigenvalue weighted by Gasteiger charge is 2.37. The second kappa shape index (κ2) is 12.8. The van der Waals surface area contributed by atoms with Crippen molar-refractivity contribution in [1.82, 2.24) is 20.2 Å². The molecule has 3 aromatic rings. The first kappa shape index (κ1) is 30.2. The van der Waals surface area contributed by atoms with Crippen LogP contribution in [0.5, 0.6) is 17.4 Å². The summed E-state index contributed by atoms with van der Waals surface area (Å²) < 4.78 is 66.9. The van der Waals surface area contributed by atoms with Gasteiger partial charge in [-0.1, -0.05) is 6.07 Å². The smallest absolute Gasteiger partial charge is 0.423 e. The van der Waals surface area contributed by atoms with E-state index in [0.29, 0.717) is 23.0 Å². The zero-order chi connectivity index (χ0) is 29.7. The van der Waals surface area contributed by atoms with Gasteiger partial charge in [0.25, 0.3) is 5.91 Å². The molecule has 1 aliphatic heterocycles. The number of carbonyl (C=O) groups excluding carboxylic acids is 1. The number of rotatable bonds is 9. The molecule has 1 unspecified atom stereocenters. The number of alkyl halides is 3. The monoisotopic (exact) mass is 592 g/mol. The molecule has 0 bridgehead atoms. The summed E-state index contributed by atoms with van der Waals surface area (Å²) in [7, 11) is 3.45. The molecule has 1 fully saturated rings. The highest BCUT2D eigenvalue weighted by molar-refractivity contribution is 7.92. The first-order chi connectivity index (χ1) is 19.4. The zero-order valence-corrected chi connectivity index (χ0v) is 23.8. The van der Waals surface area contributed by atoms with E-state index in [-0.39, 0.29) is 35.1 Å². The first-order valence-corrected chi connectivity index (χ1v) is 14.3. The van der Waals surface area contributed by atoms with Crippen LogP contribution in [0.15, 0.2) is 42.6 Å². The predicted octanol–water partition coefficient (Wildman–Crippen LogP) is 4.88. The number of piperidine rings is 1. The number of amides is 1. The molecule has 4 rings (SSSR count). The summed E-state index contributed by atoms with van der Waals surface area (Å²) in [6, 6.07) is 9.49. The minimum atomic E-state index is -4.81. The maximum Gasteiger partial charge on any atom is 0.423 e. The Labute approximate surface area is 239 Å². The third-order valence-electron chi connectivity index (χ3n) is 6.42. The average Bonchev–Trinajstić information content (AvgIpc) is 2.91. The minimum Gasteiger partial charge on any atom is -0.593 e. The molecule has 41 heavy (non-hydrogen) atoms. The van der Waals surface area contributed by atoms with E-state index in [2.05, 4.69) is 30.2 Å². The van der Waals surface area contributed by atoms with Crippen molar-refractivity contribution in [3.63, 3.8) is 0 Å². The number of anilines is 3. The quantitative estimate of drug-likeness (QED) is 0.298. The highest BCUT2D eigenvalue weighted by atomic mass is 32.2. The van der Waals surface area contributed by atoms with Crippen molar-refractivity contribution in [1.29, 1.82) is 0 Å². The lowest BCUT2D eigenvalue weighted by molar-refractivity contribution is -0.139. The van der Waals surface area contributed by atoms with Crippen LogP contribution in [0.25, 0.3) is 0 Å². The van der Waals surface area contributed by atoms with Crippen LogP contribution in [-0.4, -0.2) is 64.9 Å². The third kappa shape index (κ3) is 7.93. The third-order valence-corrected chi connectivity index (χ3v) is 6.93. The molecule has 14 heteroatoms. The van der Waals surface area contributed by atoms with Crippen molar-refractivity contribution >= 4 is 34.6 Å². The van der Waals surface area contributed by atoms with Crippen LogP contribution in [0.4, 0.5) is 30.5 Å². The molecule has 0 radical (unpaired) electrons. The van der Waals surface area contributed by atoms with E-state index in [9.17, 15) is 22.5 Å². The molecule has 3 N–H and O–H groups in total. The number of methoxy groups -OCH3 is 1. The van der Waals surface area contributed by atoms with Crippen LogP contribution in [0.2, 0.25) is 0 Å². The number of aromatic nitrogens is 2. The summed E-state index contributed by atoms with van der Waals surface area (Å²) in [4.78, 5) is 22.8. The van der Waals surface area contributed by atoms with Crippen molar-refractivity contribution in [2.45, 2.75) is 32.0 Å². The number of halogens is 3. The van der Waals surface area contributed by atoms with E-state index in [1.165, 1.54) is 25.5 Å². The van der Waals surface area contributed by atoms with Crippen LogP contribution < -0.4 is 24.8 Å². The fraction of sp³-hybridized carbons (Fsp3) is 0.370. The summed E-state index contributed by atoms with van der Waals surface area (Å²) in [5.74, 6) is -0.924. The van der Waals surface area contributed by atoms with Crippen LogP contribution in [0.3, 0.4) is 0 Å². The lowest BCUT2D eigenvalue weighted by Gasteiger charge is -2.29. The van der Waals surface area contributed by atoms with Gasteiger partial charge >= 0.3 is 6.18 Å². The molecule has 10 nitrogen and oxygen atoms in total. The Balaban J connectivity index is 1.59. The molecule has 1 atom stereocenters. The summed E-state index contributed by atoms with van der Waals surface area (Å²) >= 11 is -1.50. The van der Waals surface area contributed by atoms with Crippen molar-refractivity contribution < 1.29 is 32.0 Å². The molecule has 1 saturated heterocycles. The Morgan fingerprint density at radius 3 is 2.49 bits per heavy atom. The van der Waals surface area contributed by atoms with Gasteiger partial charge in [0.15, 0.2) is 5.75 Å². The van der Waals surface area contributed by atoms with Crippen LogP contribution in [0, 0.1) is 6.92 Å². The molecule has 0 aliphatic carbocycles. The van der Waals surface area contributed by atoms with Crippen molar-refractivity contribution in [2.24, 2.45) is 0 Å². The second-order valence-corrected chi connectivity index (χ2v) is 10.8. The van der Waals surface area contributed by atoms with E-state index in [1.54, 1.807) is 31.2 Å². The van der Waals surface area contributed by atoms with Gasteiger partial charge in [-0.2, -0.15) is 18.2 Å². The van der Waals surface area contributed by atoms with Crippen LogP contribution in [0.1, 0.15) is 34.3 Å². The number of aryl methyl sites for hydroxylation is 1. The maximum absolute atomic E-state index is 13.8. The molecule has 1 amide bonds. The van der Waals surface area contributed by atoms with E-state index in [0.717, 1.165) is 25.9 Å². The Morgan fingerprint density at radius 1 is 1.12 bits per heavy atom. The standard InChI is InChI=1S/C27H31F3N6O4S/c1-16-5-7-21(35-41(4)38)23(13-16)40-25-19(27(28,29)30)15-31-26(34-25)33-20-8-6-17(14-22(20)39-3)24(37)32-18-9-11-36(2)12-10-18/h5-8,13-15,18,35H,9-12H2,1-4H3,(H,32,37)(H,31,33,34). The molecule has 0 spiro atoms. The van der Waals surface area contributed by atoms with Gasteiger partial charge in [-0.05, 0) is 75.8 Å². The van der Waals surface area contributed by atoms with Gasteiger partial charge in [0, 0.05) is 17.8 Å². The summed E-state index contributed by atoms with van der Waals surface area (Å²) in [5, 5.41) is 5.88. The number of benzene rings is 2. The molecular formula is C27H31F3N6O4S. The van der Waals surface area contributed by atoms with Gasteiger partial charge in [-0.15, -0.1) is 0 Å². The van der Waals surface area contributed by atoms with Crippen molar-refractivity contribution in [3.05, 3.63) is 59.3 Å². The first-order valence-electron chi connectivity index (χ1n) is 12.7. The summed E-state index contributed by atoms with van der Waals surface area (Å²) in [6.07, 6.45) is -1.11. The SMILES string of the molecule is COc1cc(C(=O)NC2CCN(C)CC2)ccc1Nc1ncc(C(F)(F)F)c(Oc2cc(C)ccc2N[S+](C)[O-])n1. The van der Waals surface area contributed by atoms with Crippen molar-refractivity contribution in [3.8, 4) is 17.4 Å². The number of likely N-dealkylation sites (tertiary alicyclic amines) is 1. The lowest BCUT2D eigenvalue weighted by atomic mass is 10.0. The van der Waals surface area contributed by atoms with Gasteiger partial charge in [-0.3, -0.25) is 4.79 Å². The number of hydrogen-bond donors (Lipinski definition) is 3. The molecule has 1 aliphatic rings. The molecular weight excluding hydrogens is 561 g/mol. The zero-order valence-electron chi connectivity index (χ0n) is 23.0. The fourth-order valence-corrected chi connectivity index (χ4v) is 4.71. The topological polar surface area (TPSA) is 124 Å². The van der Waals surface area contributed by atoms with Crippen molar-refractivity contribution in [2.75, 3.05) is 43.5 Å². The predicted molar refractivity (Wildman–Crippen MR) is 150 cm³/mol. The number of nitrogens with zero attached hydrogens (tertiary/aromatic N) is 3. The molecule has 220 valence electrons. The Bertz CT molecular complexity index is 1380. The largest absolute Gasteiger partial charge is 0.593 e. The van der Waals surface area contributed by atoms with Gasteiger partial charge in [0.2, 0.25) is 11.8 Å². The summed E-state index contributed by atoms with van der Waals surface area (Å²) in [5.41, 5.74) is 0.442. The fourth-order valence-electron chi connectivity index (χ4n) is 4.23. The number of nitrogens with one attached hydrogen (secondary N) is 3. The Morgan fingerprint density at radius 2 is 1.83 bits per heavy atom. The van der Waals surface area contributed by atoms with Gasteiger partial charge in [0.1, 0.15) is 23.3 Å². The normalized spacial score (nSPS) is 15.2. The molecule has 2 aromatic carbocycles. The molecule has 0 saturated carbocycles. The van der Waals surface area contributed by atoms with Gasteiger partial charge in [-0.25, -0.2) is 9.71 Å². The maximum atomic E-state index is 13.8. The van der Waals surface area contributed by atoms with E-state index in [4.69, 9.17) is 9.47 Å². The van der Waals surface area contributed by atoms with E-state index >= 15 is 0 Å². The number of ether oxygens (including phenoxy) is 2. The van der Waals surface area contributed by atoms with Crippen LogP contribution in [-0.2, 0) is 17.5 Å². The van der Waals surface area contributed by atoms with Gasteiger partial charge < -0.3 is 29.6 Å². The number of carbonyl (C=O) groups is 1. The average molecular weight is 593 g/mol. The molecule has 1 aromatic heterocycles. The van der Waals surface area contributed by atoms with E-state index in [1.807, 2.05) is 7.05 Å². The Kier molecular flexibility index (Phi) is 9.46. The molecule has 2 heterocycles. The highest BCUT2D eigenvalue weighted by Crippen LogP contribution is 2.40. The Hall–Kier alpha value is -3.75. The summed E-state index contributed by atoms with van der Waals surface area (Å²) in [6.45, 7) is 3.53. The van der Waals surface area contributed by atoms with E-state index < -0.39 is 29.0 Å². The minimum absolute atomic E-state index is 0.00732. The lowest BCUT2D eigenvalue weighted by Crippen LogP contribution is -2.43.